The molecule has 0 aliphatic heterocycles. The highest BCUT2D eigenvalue weighted by Crippen LogP contribution is 2.29. The second-order valence-corrected chi connectivity index (χ2v) is 7.66. The van der Waals surface area contributed by atoms with Gasteiger partial charge in [-0.2, -0.15) is 5.10 Å². The van der Waals surface area contributed by atoms with Crippen molar-refractivity contribution in [2.45, 2.75) is 12.8 Å². The number of alkyl halides is 3. The summed E-state index contributed by atoms with van der Waals surface area (Å²) in [6.45, 7) is 0. The maximum Gasteiger partial charge on any atom is 0.573 e. The van der Waals surface area contributed by atoms with E-state index in [1.165, 1.54) is 22.9 Å². The third-order valence-corrected chi connectivity index (χ3v) is 5.52. The molecular weight excluding hydrogens is 457 g/mol. The molecule has 3 aromatic heterocycles. The fourth-order valence-electron chi connectivity index (χ4n) is 3.79. The van der Waals surface area contributed by atoms with Crippen molar-refractivity contribution in [3.05, 3.63) is 93.5 Å². The van der Waals surface area contributed by atoms with Gasteiger partial charge >= 0.3 is 6.36 Å². The van der Waals surface area contributed by atoms with Crippen LogP contribution in [0, 0.1) is 0 Å². The van der Waals surface area contributed by atoms with Gasteiger partial charge in [0.15, 0.2) is 0 Å². The summed E-state index contributed by atoms with van der Waals surface area (Å²) >= 11 is 6.29. The molecule has 6 nitrogen and oxygen atoms in total. The Hall–Kier alpha value is -3.85. The average molecular weight is 471 g/mol. The number of ether oxygens (including phenoxy) is 1. The highest BCUT2D eigenvalue weighted by atomic mass is 35.5. The monoisotopic (exact) mass is 470 g/mol. The number of hydrogen-bond acceptors (Lipinski definition) is 4. The molecule has 5 rings (SSSR count). The van der Waals surface area contributed by atoms with Gasteiger partial charge in [0.1, 0.15) is 11.4 Å². The van der Waals surface area contributed by atoms with Crippen LogP contribution in [0.15, 0.2) is 71.7 Å². The zero-order valence-corrected chi connectivity index (χ0v) is 17.5. The summed E-state index contributed by atoms with van der Waals surface area (Å²) in [4.78, 5) is 18.0. The van der Waals surface area contributed by atoms with E-state index in [1.54, 1.807) is 24.3 Å². The summed E-state index contributed by atoms with van der Waals surface area (Å²) in [6, 6.07) is 15.9. The lowest BCUT2D eigenvalue weighted by Crippen LogP contribution is -2.21. The molecule has 1 N–H and O–H groups in total. The van der Waals surface area contributed by atoms with Crippen molar-refractivity contribution in [1.29, 1.82) is 0 Å². The van der Waals surface area contributed by atoms with Gasteiger partial charge in [-0.15, -0.1) is 13.2 Å². The molecule has 10 heteroatoms. The summed E-state index contributed by atoms with van der Waals surface area (Å²) in [5, 5.41) is 8.69. The van der Waals surface area contributed by atoms with Crippen LogP contribution in [0.5, 0.6) is 5.75 Å². The Balaban J connectivity index is 1.76. The molecule has 0 atom stereocenters. The first-order chi connectivity index (χ1) is 15.8. The number of halogens is 4. The van der Waals surface area contributed by atoms with Gasteiger partial charge in [0.05, 0.1) is 22.3 Å². The summed E-state index contributed by atoms with van der Waals surface area (Å²) < 4.78 is 43.5. The first-order valence-electron chi connectivity index (χ1n) is 9.78. The zero-order valence-electron chi connectivity index (χ0n) is 16.7. The van der Waals surface area contributed by atoms with Gasteiger partial charge in [-0.05, 0) is 35.9 Å². The maximum atomic E-state index is 13.7. The van der Waals surface area contributed by atoms with Crippen LogP contribution in [0.4, 0.5) is 13.2 Å². The standard InChI is InChI=1S/C23H14ClF3N4O2/c24-17-9-2-1-5-13(17)11-18-19-20(30-29-18)16-8-4-10-28-21(16)31(22(19)32)14-6-3-7-15(12-14)33-23(25,26)27/h1-10,12H,11H2,(H,29,30). The molecule has 0 bridgehead atoms. The van der Waals surface area contributed by atoms with Gasteiger partial charge in [0, 0.05) is 29.1 Å². The molecule has 0 unspecified atom stereocenters. The number of aromatic amines is 1. The number of rotatable bonds is 4. The molecule has 0 saturated heterocycles. The second kappa shape index (κ2) is 7.93. The first-order valence-corrected chi connectivity index (χ1v) is 10.2. The number of hydrogen-bond donors (Lipinski definition) is 1. The van der Waals surface area contributed by atoms with E-state index in [9.17, 15) is 18.0 Å². The predicted molar refractivity (Wildman–Crippen MR) is 118 cm³/mol. The second-order valence-electron chi connectivity index (χ2n) is 7.25. The fourth-order valence-corrected chi connectivity index (χ4v) is 3.99. The van der Waals surface area contributed by atoms with E-state index in [1.807, 2.05) is 12.1 Å². The number of benzene rings is 2. The van der Waals surface area contributed by atoms with E-state index < -0.39 is 17.7 Å². The molecule has 166 valence electrons. The van der Waals surface area contributed by atoms with Crippen molar-refractivity contribution in [3.63, 3.8) is 0 Å². The molecule has 33 heavy (non-hydrogen) atoms. The lowest BCUT2D eigenvalue weighted by Gasteiger charge is -2.13. The normalized spacial score (nSPS) is 11.9. The van der Waals surface area contributed by atoms with Crippen molar-refractivity contribution < 1.29 is 17.9 Å². The van der Waals surface area contributed by atoms with E-state index in [4.69, 9.17) is 11.6 Å². The van der Waals surface area contributed by atoms with Crippen LogP contribution in [0.25, 0.3) is 27.6 Å². The Morgan fingerprint density at radius 3 is 2.67 bits per heavy atom. The summed E-state index contributed by atoms with van der Waals surface area (Å²) in [5.41, 5.74) is 1.71. The topological polar surface area (TPSA) is 72.8 Å². The third-order valence-electron chi connectivity index (χ3n) is 5.15. The summed E-state index contributed by atoms with van der Waals surface area (Å²) in [7, 11) is 0. The van der Waals surface area contributed by atoms with E-state index in [2.05, 4.69) is 19.9 Å². The Morgan fingerprint density at radius 2 is 1.88 bits per heavy atom. The minimum Gasteiger partial charge on any atom is -0.406 e. The van der Waals surface area contributed by atoms with Gasteiger partial charge in [0.2, 0.25) is 0 Å². The van der Waals surface area contributed by atoms with Gasteiger partial charge < -0.3 is 4.74 Å². The SMILES string of the molecule is O=c1c2c(Cc3ccccc3Cl)n[nH]c2c2cccnc2n1-c1cccc(OC(F)(F)F)c1. The predicted octanol–water partition coefficient (Wildman–Crippen LogP) is 5.40. The van der Waals surface area contributed by atoms with E-state index in [0.29, 0.717) is 27.0 Å². The molecule has 2 aromatic carbocycles. The van der Waals surface area contributed by atoms with Crippen molar-refractivity contribution >= 4 is 33.5 Å². The molecule has 5 aromatic rings. The molecule has 3 heterocycles. The van der Waals surface area contributed by atoms with Crippen LogP contribution in [0.3, 0.4) is 0 Å². The zero-order chi connectivity index (χ0) is 23.2. The van der Waals surface area contributed by atoms with Crippen molar-refractivity contribution in [2.75, 3.05) is 0 Å². The molecule has 0 fully saturated rings. The first kappa shape index (κ1) is 21.0. The molecule has 0 spiro atoms. The Bertz CT molecular complexity index is 1560. The molecular formula is C23H14ClF3N4O2. The number of aromatic nitrogens is 4. The number of fused-ring (bicyclic) bond motifs is 3. The van der Waals surface area contributed by atoms with Gasteiger partial charge in [-0.1, -0.05) is 35.9 Å². The Labute approximate surface area is 189 Å². The lowest BCUT2D eigenvalue weighted by molar-refractivity contribution is -0.274. The summed E-state index contributed by atoms with van der Waals surface area (Å²) in [6.07, 6.45) is -3.07. The van der Waals surface area contributed by atoms with Crippen LogP contribution in [0.1, 0.15) is 11.3 Å². The van der Waals surface area contributed by atoms with Crippen molar-refractivity contribution in [3.8, 4) is 11.4 Å². The molecule has 0 aliphatic rings. The number of H-pyrrole nitrogens is 1. The minimum absolute atomic E-state index is 0.178. The van der Waals surface area contributed by atoms with Crippen LogP contribution in [-0.4, -0.2) is 26.1 Å². The number of nitrogens with zero attached hydrogens (tertiary/aromatic N) is 3. The number of nitrogens with one attached hydrogen (secondary N) is 1. The van der Waals surface area contributed by atoms with Crippen LogP contribution >= 0.6 is 11.6 Å². The van der Waals surface area contributed by atoms with E-state index in [-0.39, 0.29) is 17.8 Å². The summed E-state index contributed by atoms with van der Waals surface area (Å²) in [5.74, 6) is -0.445. The minimum atomic E-state index is -4.86. The lowest BCUT2D eigenvalue weighted by atomic mass is 10.1. The fraction of sp³-hybridized carbons (Fsp3) is 0.0870. The quantitative estimate of drug-likeness (QED) is 0.381. The maximum absolute atomic E-state index is 13.7. The Morgan fingerprint density at radius 1 is 1.06 bits per heavy atom. The smallest absolute Gasteiger partial charge is 0.406 e. The van der Waals surface area contributed by atoms with Gasteiger partial charge in [0.25, 0.3) is 5.56 Å². The van der Waals surface area contributed by atoms with E-state index >= 15 is 0 Å². The Kier molecular flexibility index (Phi) is 5.05. The third kappa shape index (κ3) is 3.91. The van der Waals surface area contributed by atoms with Crippen LogP contribution in [-0.2, 0) is 6.42 Å². The largest absolute Gasteiger partial charge is 0.573 e. The van der Waals surface area contributed by atoms with Crippen molar-refractivity contribution in [2.24, 2.45) is 0 Å². The molecule has 0 radical (unpaired) electrons. The molecule has 0 saturated carbocycles. The molecule has 0 amide bonds. The highest BCUT2D eigenvalue weighted by Gasteiger charge is 2.31. The van der Waals surface area contributed by atoms with Crippen LogP contribution in [0.2, 0.25) is 5.02 Å². The highest BCUT2D eigenvalue weighted by molar-refractivity contribution is 6.31. The average Bonchev–Trinajstić information content (AvgIpc) is 3.19. The number of pyridine rings is 2. The van der Waals surface area contributed by atoms with Crippen molar-refractivity contribution in [1.82, 2.24) is 19.7 Å². The molecule has 0 aliphatic carbocycles. The van der Waals surface area contributed by atoms with Gasteiger partial charge in [-0.25, -0.2) is 4.98 Å². The van der Waals surface area contributed by atoms with Gasteiger partial charge in [-0.3, -0.25) is 14.5 Å². The van der Waals surface area contributed by atoms with Crippen LogP contribution < -0.4 is 10.3 Å². The van der Waals surface area contributed by atoms with E-state index in [0.717, 1.165) is 17.7 Å².